The van der Waals surface area contributed by atoms with Gasteiger partial charge in [-0.2, -0.15) is 0 Å². The van der Waals surface area contributed by atoms with E-state index in [2.05, 4.69) is 10.3 Å². The maximum absolute atomic E-state index is 6.11. The number of nitrogens with one attached hydrogen (secondary N) is 1. The second-order valence-corrected chi connectivity index (χ2v) is 6.19. The van der Waals surface area contributed by atoms with Crippen LogP contribution in [0.1, 0.15) is 0 Å². The predicted octanol–water partition coefficient (Wildman–Crippen LogP) is 6.37. The maximum atomic E-state index is 6.11. The number of benzene rings is 3. The lowest BCUT2D eigenvalue weighted by Gasteiger charge is -2.12. The first kappa shape index (κ1) is 17.6. The number of rotatable bonds is 6. The molecule has 4 heteroatoms. The lowest BCUT2D eigenvalue weighted by Crippen LogP contribution is -1.91. The normalized spacial score (nSPS) is 10.3. The summed E-state index contributed by atoms with van der Waals surface area (Å²) in [6.07, 6.45) is 3.55. The highest BCUT2D eigenvalue weighted by atomic mass is 16.5. The quantitative estimate of drug-likeness (QED) is 0.429. The Kier molecular flexibility index (Phi) is 5.20. The number of pyridine rings is 1. The standard InChI is InChI=1S/C24H20N2O2/c1-25-19-9-7-18(8-10-19)23-17-26-16-15-24(23)28-22-13-11-21(12-14-22)27-20-5-3-2-4-6-20/h2-17,25H,1H3. The number of anilines is 1. The van der Waals surface area contributed by atoms with E-state index < -0.39 is 0 Å². The van der Waals surface area contributed by atoms with E-state index in [1.54, 1.807) is 6.20 Å². The second-order valence-electron chi connectivity index (χ2n) is 6.19. The van der Waals surface area contributed by atoms with E-state index in [9.17, 15) is 0 Å². The van der Waals surface area contributed by atoms with Crippen LogP contribution >= 0.6 is 0 Å². The molecular formula is C24H20N2O2. The molecule has 138 valence electrons. The van der Waals surface area contributed by atoms with Gasteiger partial charge in [-0.1, -0.05) is 30.3 Å². The molecule has 0 saturated heterocycles. The summed E-state index contributed by atoms with van der Waals surface area (Å²) in [6, 6.07) is 27.3. The van der Waals surface area contributed by atoms with Crippen LogP contribution in [0.25, 0.3) is 11.1 Å². The van der Waals surface area contributed by atoms with Gasteiger partial charge >= 0.3 is 0 Å². The first-order chi connectivity index (χ1) is 13.8. The van der Waals surface area contributed by atoms with E-state index in [4.69, 9.17) is 9.47 Å². The molecule has 0 unspecified atom stereocenters. The zero-order valence-electron chi connectivity index (χ0n) is 15.5. The average molecular weight is 368 g/mol. The molecule has 0 amide bonds. The van der Waals surface area contributed by atoms with Crippen LogP contribution in [0.15, 0.2) is 97.3 Å². The van der Waals surface area contributed by atoms with Gasteiger partial charge < -0.3 is 14.8 Å². The van der Waals surface area contributed by atoms with Crippen LogP contribution in [0.5, 0.6) is 23.0 Å². The summed E-state index contributed by atoms with van der Waals surface area (Å²) in [5.74, 6) is 3.05. The Hall–Kier alpha value is -3.79. The Morgan fingerprint density at radius 1 is 0.679 bits per heavy atom. The van der Waals surface area contributed by atoms with Gasteiger partial charge in [-0.15, -0.1) is 0 Å². The molecule has 4 rings (SSSR count). The minimum Gasteiger partial charge on any atom is -0.457 e. The Morgan fingerprint density at radius 3 is 2.00 bits per heavy atom. The molecule has 0 saturated carbocycles. The fourth-order valence-corrected chi connectivity index (χ4v) is 2.83. The number of hydrogen-bond acceptors (Lipinski definition) is 4. The number of para-hydroxylation sites is 1. The van der Waals surface area contributed by atoms with E-state index in [1.165, 1.54) is 0 Å². The van der Waals surface area contributed by atoms with Crippen molar-refractivity contribution in [3.8, 4) is 34.1 Å². The lowest BCUT2D eigenvalue weighted by atomic mass is 10.1. The monoisotopic (exact) mass is 368 g/mol. The van der Waals surface area contributed by atoms with Crippen LogP contribution in [-0.2, 0) is 0 Å². The molecule has 1 heterocycles. The zero-order valence-corrected chi connectivity index (χ0v) is 15.5. The van der Waals surface area contributed by atoms with Crippen molar-refractivity contribution < 1.29 is 9.47 Å². The van der Waals surface area contributed by atoms with Crippen molar-refractivity contribution in [1.82, 2.24) is 4.98 Å². The average Bonchev–Trinajstić information content (AvgIpc) is 2.76. The minimum absolute atomic E-state index is 0.736. The van der Waals surface area contributed by atoms with E-state index in [-0.39, 0.29) is 0 Å². The molecule has 3 aromatic carbocycles. The van der Waals surface area contributed by atoms with Gasteiger partial charge in [0.1, 0.15) is 23.0 Å². The molecule has 0 atom stereocenters. The van der Waals surface area contributed by atoms with Crippen molar-refractivity contribution in [2.45, 2.75) is 0 Å². The minimum atomic E-state index is 0.736. The second kappa shape index (κ2) is 8.27. The van der Waals surface area contributed by atoms with Crippen LogP contribution in [0.2, 0.25) is 0 Å². The number of nitrogens with zero attached hydrogens (tertiary/aromatic N) is 1. The Balaban J connectivity index is 1.53. The van der Waals surface area contributed by atoms with Crippen LogP contribution < -0.4 is 14.8 Å². The molecule has 0 aliphatic rings. The molecule has 0 fully saturated rings. The van der Waals surface area contributed by atoms with Crippen LogP contribution in [0.3, 0.4) is 0 Å². The van der Waals surface area contributed by atoms with Gasteiger partial charge in [0.2, 0.25) is 0 Å². The topological polar surface area (TPSA) is 43.4 Å². The van der Waals surface area contributed by atoms with E-state index in [0.717, 1.165) is 39.8 Å². The van der Waals surface area contributed by atoms with Gasteiger partial charge in [0.25, 0.3) is 0 Å². The van der Waals surface area contributed by atoms with Crippen molar-refractivity contribution >= 4 is 5.69 Å². The van der Waals surface area contributed by atoms with Gasteiger partial charge in [0.05, 0.1) is 0 Å². The molecule has 1 N–H and O–H groups in total. The number of ether oxygens (including phenoxy) is 2. The molecular weight excluding hydrogens is 348 g/mol. The van der Waals surface area contributed by atoms with Crippen molar-refractivity contribution in [1.29, 1.82) is 0 Å². The molecule has 28 heavy (non-hydrogen) atoms. The first-order valence-electron chi connectivity index (χ1n) is 9.05. The predicted molar refractivity (Wildman–Crippen MR) is 112 cm³/mol. The third-order valence-corrected chi connectivity index (χ3v) is 4.30. The van der Waals surface area contributed by atoms with Gasteiger partial charge in [0, 0.05) is 30.7 Å². The molecule has 4 aromatic rings. The Bertz CT molecular complexity index is 1030. The number of aromatic nitrogens is 1. The summed E-state index contributed by atoms with van der Waals surface area (Å²) < 4.78 is 11.9. The van der Waals surface area contributed by atoms with Gasteiger partial charge in [-0.05, 0) is 60.2 Å². The molecule has 1 aromatic heterocycles. The summed E-state index contributed by atoms with van der Waals surface area (Å²) in [5.41, 5.74) is 3.05. The van der Waals surface area contributed by atoms with Crippen LogP contribution in [0, 0.1) is 0 Å². The summed E-state index contributed by atoms with van der Waals surface area (Å²) >= 11 is 0. The van der Waals surface area contributed by atoms with Crippen molar-refractivity contribution in [2.75, 3.05) is 12.4 Å². The maximum Gasteiger partial charge on any atom is 0.138 e. The fourth-order valence-electron chi connectivity index (χ4n) is 2.83. The van der Waals surface area contributed by atoms with Gasteiger partial charge in [0.15, 0.2) is 0 Å². The molecule has 0 spiro atoms. The molecule has 4 nitrogen and oxygen atoms in total. The molecule has 0 radical (unpaired) electrons. The van der Waals surface area contributed by atoms with Crippen molar-refractivity contribution in [3.05, 3.63) is 97.3 Å². The highest BCUT2D eigenvalue weighted by molar-refractivity contribution is 5.71. The van der Waals surface area contributed by atoms with E-state index >= 15 is 0 Å². The third kappa shape index (κ3) is 4.13. The largest absolute Gasteiger partial charge is 0.457 e. The molecule has 0 aliphatic carbocycles. The number of hydrogen-bond donors (Lipinski definition) is 1. The highest BCUT2D eigenvalue weighted by Gasteiger charge is 2.08. The summed E-state index contributed by atoms with van der Waals surface area (Å²) in [5, 5.41) is 3.12. The van der Waals surface area contributed by atoms with Crippen molar-refractivity contribution in [2.24, 2.45) is 0 Å². The van der Waals surface area contributed by atoms with Crippen LogP contribution in [0.4, 0.5) is 5.69 Å². The smallest absolute Gasteiger partial charge is 0.138 e. The van der Waals surface area contributed by atoms with E-state index in [1.807, 2.05) is 98.2 Å². The van der Waals surface area contributed by atoms with E-state index in [0.29, 0.717) is 0 Å². The Labute approximate surface area is 164 Å². The van der Waals surface area contributed by atoms with Crippen LogP contribution in [-0.4, -0.2) is 12.0 Å². The van der Waals surface area contributed by atoms with Gasteiger partial charge in [-0.25, -0.2) is 0 Å². The highest BCUT2D eigenvalue weighted by Crippen LogP contribution is 2.34. The molecule has 0 aliphatic heterocycles. The summed E-state index contributed by atoms with van der Waals surface area (Å²) in [6.45, 7) is 0. The SMILES string of the molecule is CNc1ccc(-c2cnccc2Oc2ccc(Oc3ccccc3)cc2)cc1. The zero-order chi connectivity index (χ0) is 19.2. The van der Waals surface area contributed by atoms with Gasteiger partial charge in [-0.3, -0.25) is 4.98 Å². The molecule has 0 bridgehead atoms. The van der Waals surface area contributed by atoms with Crippen molar-refractivity contribution in [3.63, 3.8) is 0 Å². The Morgan fingerprint density at radius 2 is 1.32 bits per heavy atom. The first-order valence-corrected chi connectivity index (χ1v) is 9.05. The summed E-state index contributed by atoms with van der Waals surface area (Å²) in [7, 11) is 1.90. The third-order valence-electron chi connectivity index (χ3n) is 4.30. The lowest BCUT2D eigenvalue weighted by molar-refractivity contribution is 0.470. The fraction of sp³-hybridized carbons (Fsp3) is 0.0417. The summed E-state index contributed by atoms with van der Waals surface area (Å²) in [4.78, 5) is 4.25.